The predicted molar refractivity (Wildman–Crippen MR) is 70.6 cm³/mol. The first-order valence-corrected chi connectivity index (χ1v) is 6.18. The average molecular weight is 343 g/mol. The van der Waals surface area contributed by atoms with E-state index in [0.29, 0.717) is 22.0 Å². The van der Waals surface area contributed by atoms with Crippen molar-refractivity contribution in [2.75, 3.05) is 0 Å². The van der Waals surface area contributed by atoms with Crippen molar-refractivity contribution in [1.82, 2.24) is 5.32 Å². The number of hydrogen-bond donors (Lipinski definition) is 2. The van der Waals surface area contributed by atoms with Crippen LogP contribution in [0, 0.1) is 0 Å². The molecule has 1 aliphatic rings. The van der Waals surface area contributed by atoms with Crippen LogP contribution in [0.3, 0.4) is 0 Å². The van der Waals surface area contributed by atoms with Crippen molar-refractivity contribution in [1.29, 1.82) is 0 Å². The molecule has 1 aromatic rings. The zero-order valence-electron chi connectivity index (χ0n) is 8.87. The summed E-state index contributed by atoms with van der Waals surface area (Å²) in [5, 5.41) is 11.4. The van der Waals surface area contributed by atoms with Crippen molar-refractivity contribution in [3.63, 3.8) is 0 Å². The van der Waals surface area contributed by atoms with Crippen LogP contribution in [0.1, 0.15) is 12.0 Å². The topological polar surface area (TPSA) is 66.4 Å². The lowest BCUT2D eigenvalue weighted by Gasteiger charge is -2.02. The van der Waals surface area contributed by atoms with Gasteiger partial charge in [-0.1, -0.05) is 12.1 Å². The molecule has 4 nitrogen and oxygen atoms in total. The first-order chi connectivity index (χ1) is 8.08. The van der Waals surface area contributed by atoms with Crippen LogP contribution in [0.5, 0.6) is 5.75 Å². The highest BCUT2D eigenvalue weighted by molar-refractivity contribution is 14.1. The van der Waals surface area contributed by atoms with Crippen molar-refractivity contribution >= 4 is 34.4 Å². The molecule has 0 unspecified atom stereocenters. The summed E-state index contributed by atoms with van der Waals surface area (Å²) < 4.78 is 0.478. The number of phenolic OH excluding ortho intramolecular Hbond substituents is 1. The first kappa shape index (κ1) is 12.1. The monoisotopic (exact) mass is 343 g/mol. The number of rotatable bonds is 3. The lowest BCUT2D eigenvalue weighted by Crippen LogP contribution is -2.22. The van der Waals surface area contributed by atoms with Crippen LogP contribution >= 0.6 is 22.6 Å². The summed E-state index contributed by atoms with van der Waals surface area (Å²) in [7, 11) is 0. The van der Waals surface area contributed by atoms with Crippen LogP contribution in [0.4, 0.5) is 0 Å². The summed E-state index contributed by atoms with van der Waals surface area (Å²) in [6, 6.07) is 6.82. The molecule has 0 aliphatic carbocycles. The van der Waals surface area contributed by atoms with E-state index in [1.54, 1.807) is 24.3 Å². The third-order valence-corrected chi connectivity index (χ3v) is 3.71. The molecule has 5 heteroatoms. The number of hydrogen-bond acceptors (Lipinski definition) is 3. The summed E-state index contributed by atoms with van der Waals surface area (Å²) in [5.74, 6) is -0.384. The quantitative estimate of drug-likeness (QED) is 0.648. The van der Waals surface area contributed by atoms with Gasteiger partial charge in [-0.25, -0.2) is 0 Å². The maximum absolute atomic E-state index is 11.4. The van der Waals surface area contributed by atoms with Crippen LogP contribution < -0.4 is 5.32 Å². The van der Waals surface area contributed by atoms with Crippen molar-refractivity contribution < 1.29 is 14.7 Å². The third kappa shape index (κ3) is 2.66. The number of benzene rings is 1. The summed E-state index contributed by atoms with van der Waals surface area (Å²) in [4.78, 5) is 22.7. The molecule has 88 valence electrons. The Balaban J connectivity index is 2.06. The Bertz CT molecular complexity index is 505. The minimum Gasteiger partial charge on any atom is -0.508 e. The highest BCUT2D eigenvalue weighted by Gasteiger charge is 2.27. The van der Waals surface area contributed by atoms with Crippen molar-refractivity contribution in [2.24, 2.45) is 0 Å². The Hall–Kier alpha value is -1.37. The smallest absolute Gasteiger partial charge is 0.264 e. The van der Waals surface area contributed by atoms with E-state index >= 15 is 0 Å². The van der Waals surface area contributed by atoms with Crippen LogP contribution in [-0.4, -0.2) is 16.9 Å². The van der Waals surface area contributed by atoms with Gasteiger partial charge in [-0.15, -0.1) is 0 Å². The molecule has 2 N–H and O–H groups in total. The predicted octanol–water partition coefficient (Wildman–Crippen LogP) is 1.67. The molecule has 1 heterocycles. The number of carbonyl (C=O) groups is 2. The lowest BCUT2D eigenvalue weighted by molar-refractivity contribution is -0.123. The number of carbonyl (C=O) groups excluding carboxylic acids is 2. The number of phenols is 1. The highest BCUT2D eigenvalue weighted by atomic mass is 127. The van der Waals surface area contributed by atoms with E-state index in [9.17, 15) is 9.59 Å². The van der Waals surface area contributed by atoms with Gasteiger partial charge in [0.2, 0.25) is 0 Å². The maximum atomic E-state index is 11.4. The molecule has 2 rings (SSSR count). The second-order valence-corrected chi connectivity index (χ2v) is 4.82. The standard InChI is InChI=1S/C12H10INO3/c13-10-9(11(16)14-12(10)17)6-3-7-1-4-8(15)5-2-7/h1-2,4-5,15H,3,6H2,(H,14,16,17). The fourth-order valence-electron chi connectivity index (χ4n) is 1.63. The number of amides is 2. The van der Waals surface area contributed by atoms with Crippen LogP contribution in [0.25, 0.3) is 0 Å². The molecule has 0 spiro atoms. The molecule has 0 bridgehead atoms. The molecule has 0 fully saturated rings. The number of nitrogens with one attached hydrogen (secondary N) is 1. The summed E-state index contributed by atoms with van der Waals surface area (Å²) in [5.41, 5.74) is 1.57. The molecule has 0 aromatic heterocycles. The van der Waals surface area contributed by atoms with E-state index in [4.69, 9.17) is 5.11 Å². The van der Waals surface area contributed by atoms with Gasteiger partial charge in [-0.3, -0.25) is 14.9 Å². The van der Waals surface area contributed by atoms with Crippen LogP contribution in [0.15, 0.2) is 33.4 Å². The van der Waals surface area contributed by atoms with Gasteiger partial charge in [0.25, 0.3) is 11.8 Å². The van der Waals surface area contributed by atoms with Gasteiger partial charge in [-0.05, 0) is 53.1 Å². The number of imide groups is 1. The Kier molecular flexibility index (Phi) is 3.46. The van der Waals surface area contributed by atoms with Crippen molar-refractivity contribution in [3.05, 3.63) is 39.0 Å². The Labute approximate surface area is 112 Å². The zero-order chi connectivity index (χ0) is 12.4. The first-order valence-electron chi connectivity index (χ1n) is 5.10. The Morgan fingerprint density at radius 3 is 2.24 bits per heavy atom. The van der Waals surface area contributed by atoms with Crippen LogP contribution in [0.2, 0.25) is 0 Å². The second-order valence-electron chi connectivity index (χ2n) is 3.74. The fraction of sp³-hybridized carbons (Fsp3) is 0.167. The van der Waals surface area contributed by atoms with E-state index in [2.05, 4.69) is 5.32 Å². The van der Waals surface area contributed by atoms with Crippen molar-refractivity contribution in [3.8, 4) is 5.75 Å². The minimum atomic E-state index is -0.309. The van der Waals surface area contributed by atoms with E-state index < -0.39 is 0 Å². The molecule has 0 atom stereocenters. The van der Waals surface area contributed by atoms with Gasteiger partial charge in [0.15, 0.2) is 0 Å². The second kappa shape index (κ2) is 4.87. The van der Waals surface area contributed by atoms with Gasteiger partial charge in [0.05, 0.1) is 3.58 Å². The van der Waals surface area contributed by atoms with Gasteiger partial charge >= 0.3 is 0 Å². The SMILES string of the molecule is O=C1NC(=O)C(CCc2ccc(O)cc2)=C1I. The molecule has 1 aromatic carbocycles. The van der Waals surface area contributed by atoms with Crippen LogP contribution in [-0.2, 0) is 16.0 Å². The molecule has 0 saturated carbocycles. The maximum Gasteiger partial charge on any atom is 0.264 e. The number of aromatic hydroxyl groups is 1. The van der Waals surface area contributed by atoms with Gasteiger partial charge in [0.1, 0.15) is 5.75 Å². The fourth-order valence-corrected chi connectivity index (χ4v) is 2.27. The van der Waals surface area contributed by atoms with E-state index in [-0.39, 0.29) is 17.6 Å². The molecule has 2 amide bonds. The molecule has 0 saturated heterocycles. The van der Waals surface area contributed by atoms with E-state index in [0.717, 1.165) is 5.56 Å². The largest absolute Gasteiger partial charge is 0.508 e. The third-order valence-electron chi connectivity index (χ3n) is 2.57. The minimum absolute atomic E-state index is 0.219. The molecule has 17 heavy (non-hydrogen) atoms. The Morgan fingerprint density at radius 2 is 1.71 bits per heavy atom. The zero-order valence-corrected chi connectivity index (χ0v) is 11.0. The lowest BCUT2D eigenvalue weighted by atomic mass is 10.0. The summed E-state index contributed by atoms with van der Waals surface area (Å²) >= 11 is 1.89. The number of halogens is 1. The molecular weight excluding hydrogens is 333 g/mol. The van der Waals surface area contributed by atoms with Crippen molar-refractivity contribution in [2.45, 2.75) is 12.8 Å². The van der Waals surface area contributed by atoms with Gasteiger partial charge in [-0.2, -0.15) is 0 Å². The van der Waals surface area contributed by atoms with E-state index in [1.807, 2.05) is 22.6 Å². The number of aryl methyl sites for hydroxylation is 1. The average Bonchev–Trinajstić information content (AvgIpc) is 2.54. The van der Waals surface area contributed by atoms with Gasteiger partial charge < -0.3 is 5.11 Å². The highest BCUT2D eigenvalue weighted by Crippen LogP contribution is 2.23. The molecular formula is C12H10INO3. The summed E-state index contributed by atoms with van der Waals surface area (Å²) in [6.45, 7) is 0. The normalized spacial score (nSPS) is 15.4. The van der Waals surface area contributed by atoms with E-state index in [1.165, 1.54) is 0 Å². The Morgan fingerprint density at radius 1 is 1.06 bits per heavy atom. The van der Waals surface area contributed by atoms with Gasteiger partial charge in [0, 0.05) is 5.57 Å². The molecule has 1 aliphatic heterocycles. The molecule has 0 radical (unpaired) electrons. The summed E-state index contributed by atoms with van der Waals surface area (Å²) in [6.07, 6.45) is 1.20.